The van der Waals surface area contributed by atoms with E-state index in [2.05, 4.69) is 88.4 Å². The molecule has 0 aromatic heterocycles. The third kappa shape index (κ3) is 2.43. The highest BCUT2D eigenvalue weighted by atomic mass is 14.3. The van der Waals surface area contributed by atoms with Gasteiger partial charge in [-0.3, -0.25) is 0 Å². The second-order valence-corrected chi connectivity index (χ2v) is 6.36. The second-order valence-electron chi connectivity index (χ2n) is 6.36. The molecule has 0 nitrogen and oxygen atoms in total. The molecule has 2 aromatic carbocycles. The smallest absolute Gasteiger partial charge is 0.0310 e. The van der Waals surface area contributed by atoms with Crippen molar-refractivity contribution in [2.75, 3.05) is 0 Å². The van der Waals surface area contributed by atoms with Crippen LogP contribution in [0, 0.1) is 5.92 Å². The van der Waals surface area contributed by atoms with Gasteiger partial charge in [-0.15, -0.1) is 0 Å². The molecule has 0 spiro atoms. The van der Waals surface area contributed by atoms with Crippen LogP contribution >= 0.6 is 0 Å². The molecule has 1 unspecified atom stereocenters. The lowest BCUT2D eigenvalue weighted by Crippen LogP contribution is -2.11. The van der Waals surface area contributed by atoms with Gasteiger partial charge in [0.1, 0.15) is 0 Å². The van der Waals surface area contributed by atoms with Crippen LogP contribution in [0.4, 0.5) is 0 Å². The molecule has 0 amide bonds. The maximum atomic E-state index is 2.35. The highest BCUT2D eigenvalue weighted by Gasteiger charge is 2.31. The Bertz CT molecular complexity index is 678. The predicted molar refractivity (Wildman–Crippen MR) is 95.0 cm³/mol. The summed E-state index contributed by atoms with van der Waals surface area (Å²) in [6.07, 6.45) is 0. The maximum Gasteiger partial charge on any atom is 0.0310 e. The summed E-state index contributed by atoms with van der Waals surface area (Å²) in [4.78, 5) is 0. The van der Waals surface area contributed by atoms with Crippen LogP contribution in [0.15, 0.2) is 83.0 Å². The van der Waals surface area contributed by atoms with Gasteiger partial charge < -0.3 is 0 Å². The SMILES string of the molecule is CC1=C(C)C(C)C(C(c2ccccc2)c2ccccc2)=C1C. The van der Waals surface area contributed by atoms with E-state index in [9.17, 15) is 0 Å². The predicted octanol–water partition coefficient (Wildman–Crippen LogP) is 6.12. The molecule has 22 heavy (non-hydrogen) atoms. The summed E-state index contributed by atoms with van der Waals surface area (Å²) in [6, 6.07) is 21.8. The van der Waals surface area contributed by atoms with Gasteiger partial charge in [-0.2, -0.15) is 0 Å². The van der Waals surface area contributed by atoms with Crippen molar-refractivity contribution >= 4 is 0 Å². The van der Waals surface area contributed by atoms with Crippen molar-refractivity contribution in [2.24, 2.45) is 5.92 Å². The van der Waals surface area contributed by atoms with Gasteiger partial charge in [0.05, 0.1) is 0 Å². The first-order chi connectivity index (χ1) is 10.6. The van der Waals surface area contributed by atoms with E-state index in [4.69, 9.17) is 0 Å². The normalized spacial score (nSPS) is 18.5. The Kier molecular flexibility index (Phi) is 4.02. The Morgan fingerprint density at radius 3 is 1.50 bits per heavy atom. The van der Waals surface area contributed by atoms with Crippen molar-refractivity contribution < 1.29 is 0 Å². The van der Waals surface area contributed by atoms with E-state index in [1.54, 1.807) is 5.57 Å². The largest absolute Gasteiger partial charge is 0.0632 e. The average Bonchev–Trinajstić information content (AvgIpc) is 2.75. The summed E-state index contributed by atoms with van der Waals surface area (Å²) in [7, 11) is 0. The van der Waals surface area contributed by atoms with Crippen LogP contribution in [-0.2, 0) is 0 Å². The third-order valence-electron chi connectivity index (χ3n) is 5.28. The average molecular weight is 288 g/mol. The van der Waals surface area contributed by atoms with E-state index < -0.39 is 0 Å². The highest BCUT2D eigenvalue weighted by Crippen LogP contribution is 2.46. The second kappa shape index (κ2) is 5.96. The molecule has 0 saturated heterocycles. The number of allylic oxidation sites excluding steroid dienone is 4. The summed E-state index contributed by atoms with van der Waals surface area (Å²) in [5.74, 6) is 0.871. The molecule has 0 radical (unpaired) electrons. The van der Waals surface area contributed by atoms with Gasteiger partial charge in [0.25, 0.3) is 0 Å². The van der Waals surface area contributed by atoms with Crippen molar-refractivity contribution in [1.29, 1.82) is 0 Å². The van der Waals surface area contributed by atoms with Gasteiger partial charge in [0.15, 0.2) is 0 Å². The fraction of sp³-hybridized carbons (Fsp3) is 0.273. The summed E-state index contributed by atoms with van der Waals surface area (Å²) in [5.41, 5.74) is 8.80. The first kappa shape index (κ1) is 14.8. The van der Waals surface area contributed by atoms with Crippen molar-refractivity contribution in [2.45, 2.75) is 33.6 Å². The third-order valence-corrected chi connectivity index (χ3v) is 5.28. The van der Waals surface area contributed by atoms with Crippen LogP contribution in [0.1, 0.15) is 44.7 Å². The zero-order valence-corrected chi connectivity index (χ0v) is 13.9. The zero-order valence-electron chi connectivity index (χ0n) is 13.9. The molecular weight excluding hydrogens is 264 g/mol. The van der Waals surface area contributed by atoms with Crippen molar-refractivity contribution in [3.8, 4) is 0 Å². The number of benzene rings is 2. The van der Waals surface area contributed by atoms with Crippen LogP contribution in [0.3, 0.4) is 0 Å². The van der Waals surface area contributed by atoms with Gasteiger partial charge in [-0.25, -0.2) is 0 Å². The molecule has 0 heteroatoms. The minimum atomic E-state index is 0.352. The number of hydrogen-bond donors (Lipinski definition) is 0. The molecular formula is C22H24. The Hall–Kier alpha value is -2.08. The Morgan fingerprint density at radius 2 is 1.14 bits per heavy atom. The monoisotopic (exact) mass is 288 g/mol. The van der Waals surface area contributed by atoms with Crippen molar-refractivity contribution in [3.05, 3.63) is 94.1 Å². The van der Waals surface area contributed by atoms with Crippen molar-refractivity contribution in [1.82, 2.24) is 0 Å². The zero-order chi connectivity index (χ0) is 15.7. The summed E-state index contributed by atoms with van der Waals surface area (Å²) < 4.78 is 0. The highest BCUT2D eigenvalue weighted by molar-refractivity contribution is 5.54. The Morgan fingerprint density at radius 1 is 0.682 bits per heavy atom. The molecule has 0 bridgehead atoms. The lowest BCUT2D eigenvalue weighted by atomic mass is 9.78. The molecule has 112 valence electrons. The maximum absolute atomic E-state index is 2.35. The number of hydrogen-bond acceptors (Lipinski definition) is 0. The Labute approximate surface area is 134 Å². The molecule has 0 aliphatic heterocycles. The summed E-state index contributed by atoms with van der Waals surface area (Å²) >= 11 is 0. The van der Waals surface area contributed by atoms with E-state index in [1.807, 2.05) is 0 Å². The van der Waals surface area contributed by atoms with Crippen LogP contribution < -0.4 is 0 Å². The molecule has 1 aliphatic carbocycles. The summed E-state index contributed by atoms with van der Waals surface area (Å²) in [5, 5.41) is 0. The first-order valence-electron chi connectivity index (χ1n) is 8.09. The Balaban J connectivity index is 2.17. The van der Waals surface area contributed by atoms with Gasteiger partial charge in [-0.05, 0) is 54.5 Å². The van der Waals surface area contributed by atoms with E-state index in [0.717, 1.165) is 0 Å². The molecule has 3 rings (SSSR count). The minimum absolute atomic E-state index is 0.352. The van der Waals surface area contributed by atoms with Gasteiger partial charge in [-0.1, -0.05) is 73.2 Å². The quantitative estimate of drug-likeness (QED) is 0.638. The molecule has 0 N–H and O–H groups in total. The fourth-order valence-electron chi connectivity index (χ4n) is 3.70. The molecule has 0 fully saturated rings. The number of rotatable bonds is 3. The lowest BCUT2D eigenvalue weighted by Gasteiger charge is -2.25. The fourth-order valence-corrected chi connectivity index (χ4v) is 3.70. The molecule has 2 aromatic rings. The van der Waals surface area contributed by atoms with Crippen molar-refractivity contribution in [3.63, 3.8) is 0 Å². The van der Waals surface area contributed by atoms with E-state index >= 15 is 0 Å². The molecule has 0 heterocycles. The minimum Gasteiger partial charge on any atom is -0.0632 e. The molecule has 1 aliphatic rings. The van der Waals surface area contributed by atoms with E-state index in [-0.39, 0.29) is 0 Å². The van der Waals surface area contributed by atoms with Crippen LogP contribution in [0.25, 0.3) is 0 Å². The first-order valence-corrected chi connectivity index (χ1v) is 8.09. The van der Waals surface area contributed by atoms with E-state index in [0.29, 0.717) is 11.8 Å². The summed E-state index contributed by atoms with van der Waals surface area (Å²) in [6.45, 7) is 9.19. The van der Waals surface area contributed by atoms with Gasteiger partial charge in [0.2, 0.25) is 0 Å². The molecule has 1 atom stereocenters. The van der Waals surface area contributed by atoms with Gasteiger partial charge in [0, 0.05) is 5.92 Å². The lowest BCUT2D eigenvalue weighted by molar-refractivity contribution is 0.736. The standard InChI is InChI=1S/C22H24/c1-15-16(2)18(4)21(17(15)3)22(19-11-7-5-8-12-19)20-13-9-6-10-14-20/h5-14,17,22H,1-4H3. The van der Waals surface area contributed by atoms with Gasteiger partial charge >= 0.3 is 0 Å². The van der Waals surface area contributed by atoms with Crippen LogP contribution in [0.2, 0.25) is 0 Å². The van der Waals surface area contributed by atoms with Crippen LogP contribution in [-0.4, -0.2) is 0 Å². The van der Waals surface area contributed by atoms with E-state index in [1.165, 1.54) is 27.8 Å². The van der Waals surface area contributed by atoms with Crippen LogP contribution in [0.5, 0.6) is 0 Å². The topological polar surface area (TPSA) is 0 Å². The molecule has 0 saturated carbocycles.